The minimum Gasteiger partial charge on any atom is -0.480 e. The maximum atomic E-state index is 13.0. The lowest BCUT2D eigenvalue weighted by atomic mass is 9.91. The van der Waals surface area contributed by atoms with Gasteiger partial charge in [-0.1, -0.05) is 57.2 Å². The molecule has 2 aromatic carbocycles. The van der Waals surface area contributed by atoms with E-state index in [1.165, 1.54) is 6.92 Å². The van der Waals surface area contributed by atoms with Crippen LogP contribution < -0.4 is 10.6 Å². The third-order valence-corrected chi connectivity index (χ3v) is 6.49. The molecule has 2 atom stereocenters. The molecular formula is C31H35N5O4. The predicted octanol–water partition coefficient (Wildman–Crippen LogP) is 4.52. The molecule has 4 aromatic rings. The van der Waals surface area contributed by atoms with E-state index >= 15 is 0 Å². The van der Waals surface area contributed by atoms with Crippen LogP contribution in [0.15, 0.2) is 73.1 Å². The summed E-state index contributed by atoms with van der Waals surface area (Å²) in [5.74, 6) is -0.920. The zero-order valence-electron chi connectivity index (χ0n) is 23.2. The molecule has 0 spiro atoms. The van der Waals surface area contributed by atoms with Gasteiger partial charge in [0.15, 0.2) is 0 Å². The monoisotopic (exact) mass is 541 g/mol. The number of amides is 2. The normalized spacial score (nSPS) is 13.0. The van der Waals surface area contributed by atoms with Crippen LogP contribution in [0.1, 0.15) is 67.5 Å². The van der Waals surface area contributed by atoms with Gasteiger partial charge in [0, 0.05) is 37.3 Å². The standard InChI is InChI=1S/C31H35N5O4/c1-20(30(39)40)33-29(38)22-12-13-26-25(15-22)34-27(36(26)19-21-9-6-5-7-10-21)16-24(23-11-8-14-32-18-23)35-28(37)17-31(2,3)4/h5-15,18,20,24H,16-17,19H2,1-4H3,(H,33,38)(H,35,37)(H,39,40). The van der Waals surface area contributed by atoms with E-state index in [1.807, 2.05) is 69.3 Å². The van der Waals surface area contributed by atoms with E-state index < -0.39 is 17.9 Å². The van der Waals surface area contributed by atoms with E-state index in [0.29, 0.717) is 30.5 Å². The minimum absolute atomic E-state index is 0.0569. The van der Waals surface area contributed by atoms with Gasteiger partial charge >= 0.3 is 5.97 Å². The van der Waals surface area contributed by atoms with Gasteiger partial charge < -0.3 is 20.3 Å². The molecule has 9 nitrogen and oxygen atoms in total. The molecule has 0 aliphatic rings. The van der Waals surface area contributed by atoms with Crippen LogP contribution in [-0.4, -0.2) is 43.5 Å². The van der Waals surface area contributed by atoms with Crippen LogP contribution >= 0.6 is 0 Å². The summed E-state index contributed by atoms with van der Waals surface area (Å²) in [6, 6.07) is 17.5. The highest BCUT2D eigenvalue weighted by Gasteiger charge is 2.24. The number of nitrogens with one attached hydrogen (secondary N) is 2. The SMILES string of the molecule is CC(NC(=O)c1ccc2c(c1)nc(CC(NC(=O)CC(C)(C)C)c1cccnc1)n2Cc1ccccc1)C(=O)O. The number of hydrogen-bond donors (Lipinski definition) is 3. The van der Waals surface area contributed by atoms with Crippen LogP contribution in [0.2, 0.25) is 0 Å². The Kier molecular flexibility index (Phi) is 8.62. The maximum Gasteiger partial charge on any atom is 0.325 e. The summed E-state index contributed by atoms with van der Waals surface area (Å²) >= 11 is 0. The Bertz CT molecular complexity index is 1490. The Morgan fingerprint density at radius 3 is 2.40 bits per heavy atom. The highest BCUT2D eigenvalue weighted by Crippen LogP contribution is 2.26. The zero-order chi connectivity index (χ0) is 28.9. The summed E-state index contributed by atoms with van der Waals surface area (Å²) in [6.07, 6.45) is 4.22. The Balaban J connectivity index is 1.73. The topological polar surface area (TPSA) is 126 Å². The lowest BCUT2D eigenvalue weighted by molar-refractivity contribution is -0.138. The van der Waals surface area contributed by atoms with Crippen molar-refractivity contribution in [2.24, 2.45) is 5.41 Å². The lowest BCUT2D eigenvalue weighted by Crippen LogP contribution is -2.38. The number of nitrogens with zero attached hydrogens (tertiary/aromatic N) is 3. The van der Waals surface area contributed by atoms with Crippen molar-refractivity contribution >= 4 is 28.8 Å². The number of carboxylic acid groups (broad SMARTS) is 1. The van der Waals surface area contributed by atoms with E-state index in [1.54, 1.807) is 24.5 Å². The number of rotatable bonds is 10. The number of carbonyl (C=O) groups excluding carboxylic acids is 2. The van der Waals surface area contributed by atoms with Crippen LogP contribution in [0, 0.1) is 5.41 Å². The third-order valence-electron chi connectivity index (χ3n) is 6.49. The molecule has 40 heavy (non-hydrogen) atoms. The first-order chi connectivity index (χ1) is 19.0. The number of pyridine rings is 1. The number of fused-ring (bicyclic) bond motifs is 1. The molecule has 9 heteroatoms. The number of hydrogen-bond acceptors (Lipinski definition) is 5. The van der Waals surface area contributed by atoms with Crippen molar-refractivity contribution < 1.29 is 19.5 Å². The van der Waals surface area contributed by atoms with Crippen molar-refractivity contribution in [3.63, 3.8) is 0 Å². The molecule has 0 aliphatic heterocycles. The molecule has 3 N–H and O–H groups in total. The number of benzene rings is 2. The Morgan fingerprint density at radius 2 is 1.75 bits per heavy atom. The number of carboxylic acids is 1. The fraction of sp³-hybridized carbons (Fsp3) is 0.323. The fourth-order valence-electron chi connectivity index (χ4n) is 4.50. The van der Waals surface area contributed by atoms with Gasteiger partial charge in [-0.05, 0) is 47.7 Å². The molecule has 0 radical (unpaired) electrons. The van der Waals surface area contributed by atoms with Crippen LogP contribution in [0.4, 0.5) is 0 Å². The molecule has 0 fully saturated rings. The van der Waals surface area contributed by atoms with Crippen LogP contribution in [0.5, 0.6) is 0 Å². The van der Waals surface area contributed by atoms with E-state index in [4.69, 9.17) is 10.1 Å². The summed E-state index contributed by atoms with van der Waals surface area (Å²) < 4.78 is 2.09. The van der Waals surface area contributed by atoms with Gasteiger partial charge in [0.1, 0.15) is 11.9 Å². The van der Waals surface area contributed by atoms with Gasteiger partial charge in [0.05, 0.1) is 17.1 Å². The molecule has 2 amide bonds. The molecule has 2 heterocycles. The first kappa shape index (κ1) is 28.5. The van der Waals surface area contributed by atoms with Crippen molar-refractivity contribution in [1.82, 2.24) is 25.2 Å². The molecule has 208 valence electrons. The summed E-state index contributed by atoms with van der Waals surface area (Å²) in [5.41, 5.74) is 3.53. The highest BCUT2D eigenvalue weighted by atomic mass is 16.4. The lowest BCUT2D eigenvalue weighted by Gasteiger charge is -2.23. The van der Waals surface area contributed by atoms with E-state index in [9.17, 15) is 14.4 Å². The highest BCUT2D eigenvalue weighted by molar-refractivity contribution is 5.99. The Labute approximate surface area is 233 Å². The third kappa shape index (κ3) is 7.31. The molecule has 0 saturated heterocycles. The average molecular weight is 542 g/mol. The van der Waals surface area contributed by atoms with E-state index in [-0.39, 0.29) is 17.4 Å². The summed E-state index contributed by atoms with van der Waals surface area (Å²) in [7, 11) is 0. The summed E-state index contributed by atoms with van der Waals surface area (Å²) in [5, 5.41) is 14.8. The first-order valence-corrected chi connectivity index (χ1v) is 13.3. The Morgan fingerprint density at radius 1 is 1.00 bits per heavy atom. The smallest absolute Gasteiger partial charge is 0.325 e. The van der Waals surface area contributed by atoms with Crippen LogP contribution in [0.25, 0.3) is 11.0 Å². The Hall–Kier alpha value is -4.53. The zero-order valence-corrected chi connectivity index (χ0v) is 23.2. The second-order valence-corrected chi connectivity index (χ2v) is 11.2. The average Bonchev–Trinajstić information content (AvgIpc) is 3.24. The second-order valence-electron chi connectivity index (χ2n) is 11.2. The molecule has 2 unspecified atom stereocenters. The molecule has 0 aliphatic carbocycles. The van der Waals surface area contributed by atoms with Crippen molar-refractivity contribution in [1.29, 1.82) is 0 Å². The maximum absolute atomic E-state index is 13.0. The largest absolute Gasteiger partial charge is 0.480 e. The molecule has 0 saturated carbocycles. The summed E-state index contributed by atoms with van der Waals surface area (Å²) in [6.45, 7) is 8.03. The van der Waals surface area contributed by atoms with Gasteiger partial charge in [-0.25, -0.2) is 4.98 Å². The molecule has 4 rings (SSSR count). The van der Waals surface area contributed by atoms with Crippen LogP contribution in [0.3, 0.4) is 0 Å². The molecule has 2 aromatic heterocycles. The van der Waals surface area contributed by atoms with Gasteiger partial charge in [0.2, 0.25) is 5.91 Å². The second kappa shape index (κ2) is 12.1. The van der Waals surface area contributed by atoms with Gasteiger partial charge in [-0.2, -0.15) is 0 Å². The molecular weight excluding hydrogens is 506 g/mol. The van der Waals surface area contributed by atoms with E-state index in [2.05, 4.69) is 20.2 Å². The fourth-order valence-corrected chi connectivity index (χ4v) is 4.50. The number of aromatic nitrogens is 3. The van der Waals surface area contributed by atoms with E-state index in [0.717, 1.165) is 22.5 Å². The van der Waals surface area contributed by atoms with Crippen molar-refractivity contribution in [3.05, 3.63) is 95.6 Å². The van der Waals surface area contributed by atoms with Crippen molar-refractivity contribution in [3.8, 4) is 0 Å². The minimum atomic E-state index is -1.11. The molecule has 0 bridgehead atoms. The van der Waals surface area contributed by atoms with Crippen molar-refractivity contribution in [2.45, 2.75) is 59.2 Å². The number of imidazole rings is 1. The van der Waals surface area contributed by atoms with Gasteiger partial charge in [-0.3, -0.25) is 19.4 Å². The van der Waals surface area contributed by atoms with Crippen molar-refractivity contribution in [2.75, 3.05) is 0 Å². The van der Waals surface area contributed by atoms with Crippen LogP contribution in [-0.2, 0) is 22.6 Å². The van der Waals surface area contributed by atoms with Gasteiger partial charge in [-0.15, -0.1) is 0 Å². The van der Waals surface area contributed by atoms with Gasteiger partial charge in [0.25, 0.3) is 5.91 Å². The predicted molar refractivity (Wildman–Crippen MR) is 153 cm³/mol. The number of carbonyl (C=O) groups is 3. The quantitative estimate of drug-likeness (QED) is 0.271. The summed E-state index contributed by atoms with van der Waals surface area (Å²) in [4.78, 5) is 46.1. The number of aliphatic carboxylic acids is 1. The first-order valence-electron chi connectivity index (χ1n) is 13.3.